The fourth-order valence-electron chi connectivity index (χ4n) is 1.61. The molecule has 1 aromatic rings. The monoisotopic (exact) mass is 240 g/mol. The molecule has 92 valence electrons. The van der Waals surface area contributed by atoms with Crippen molar-refractivity contribution in [1.82, 2.24) is 5.32 Å². The first-order valence-electron chi connectivity index (χ1n) is 5.94. The first kappa shape index (κ1) is 13.8. The number of rotatable bonds is 5. The lowest BCUT2D eigenvalue weighted by molar-refractivity contribution is -0.120. The zero-order valence-electron chi connectivity index (χ0n) is 10.4. The molecular weight excluding hydrogens is 224 g/mol. The van der Waals surface area contributed by atoms with Crippen LogP contribution in [0.4, 0.5) is 0 Å². The minimum absolute atomic E-state index is 0.0869. The molecule has 0 saturated carbocycles. The standard InChI is InChI=1S/C15H16N2O/c1-3-5-14(4-2)17-15(18)10-12-6-8-13(11-16)9-7-12/h2,6-9,14H,3,5,10H2,1H3,(H,17,18). The van der Waals surface area contributed by atoms with Crippen LogP contribution in [0.1, 0.15) is 30.9 Å². The van der Waals surface area contributed by atoms with Crippen molar-refractivity contribution in [3.05, 3.63) is 35.4 Å². The Labute approximate surface area is 108 Å². The largest absolute Gasteiger partial charge is 0.342 e. The number of nitrogens with zero attached hydrogens (tertiary/aromatic N) is 1. The van der Waals surface area contributed by atoms with Gasteiger partial charge in [0.25, 0.3) is 0 Å². The number of nitriles is 1. The third-order valence-corrected chi connectivity index (χ3v) is 2.56. The van der Waals surface area contributed by atoms with Gasteiger partial charge in [0.2, 0.25) is 5.91 Å². The van der Waals surface area contributed by atoms with Crippen LogP contribution in [0.5, 0.6) is 0 Å². The second-order valence-electron chi connectivity index (χ2n) is 4.06. The predicted octanol–water partition coefficient (Wildman–Crippen LogP) is 2.02. The van der Waals surface area contributed by atoms with E-state index in [1.807, 2.05) is 13.0 Å². The second kappa shape index (κ2) is 7.14. The van der Waals surface area contributed by atoms with E-state index in [2.05, 4.69) is 11.2 Å². The van der Waals surface area contributed by atoms with Gasteiger partial charge in [0, 0.05) is 0 Å². The summed E-state index contributed by atoms with van der Waals surface area (Å²) in [5, 5.41) is 11.5. The van der Waals surface area contributed by atoms with Gasteiger partial charge >= 0.3 is 0 Å². The summed E-state index contributed by atoms with van der Waals surface area (Å²) in [5.74, 6) is 2.48. The number of carbonyl (C=O) groups is 1. The maximum Gasteiger partial charge on any atom is 0.225 e. The van der Waals surface area contributed by atoms with Gasteiger partial charge in [-0.15, -0.1) is 6.42 Å². The van der Waals surface area contributed by atoms with E-state index in [0.29, 0.717) is 5.56 Å². The molecule has 1 unspecified atom stereocenters. The lowest BCUT2D eigenvalue weighted by atomic mass is 10.1. The first-order valence-corrected chi connectivity index (χ1v) is 5.94. The summed E-state index contributed by atoms with van der Waals surface area (Å²) in [4.78, 5) is 11.7. The van der Waals surface area contributed by atoms with Crippen molar-refractivity contribution < 1.29 is 4.79 Å². The fourth-order valence-corrected chi connectivity index (χ4v) is 1.61. The summed E-state index contributed by atoms with van der Waals surface area (Å²) in [6, 6.07) is 8.81. The first-order chi connectivity index (χ1) is 8.69. The van der Waals surface area contributed by atoms with E-state index in [1.54, 1.807) is 24.3 Å². The molecule has 0 aliphatic heterocycles. The Morgan fingerprint density at radius 2 is 2.11 bits per heavy atom. The van der Waals surface area contributed by atoms with Crippen LogP contribution in [0.2, 0.25) is 0 Å². The predicted molar refractivity (Wildman–Crippen MR) is 70.5 cm³/mol. The zero-order chi connectivity index (χ0) is 13.4. The van der Waals surface area contributed by atoms with E-state index in [1.165, 1.54) is 0 Å². The molecule has 3 heteroatoms. The van der Waals surface area contributed by atoms with Crippen molar-refractivity contribution in [2.24, 2.45) is 0 Å². The maximum atomic E-state index is 11.7. The molecule has 0 heterocycles. The van der Waals surface area contributed by atoms with E-state index in [9.17, 15) is 4.79 Å². The third kappa shape index (κ3) is 4.31. The number of carbonyl (C=O) groups excluding carboxylic acids is 1. The summed E-state index contributed by atoms with van der Waals surface area (Å²) in [5.41, 5.74) is 1.46. The smallest absolute Gasteiger partial charge is 0.225 e. The number of hydrogen-bond acceptors (Lipinski definition) is 2. The zero-order valence-corrected chi connectivity index (χ0v) is 10.4. The van der Waals surface area contributed by atoms with Gasteiger partial charge in [-0.2, -0.15) is 5.26 Å². The van der Waals surface area contributed by atoms with Crippen LogP contribution >= 0.6 is 0 Å². The van der Waals surface area contributed by atoms with Gasteiger partial charge in [-0.3, -0.25) is 4.79 Å². The maximum absolute atomic E-state index is 11.7. The molecule has 0 saturated heterocycles. The molecule has 0 aliphatic rings. The molecule has 1 atom stereocenters. The highest BCUT2D eigenvalue weighted by molar-refractivity contribution is 5.79. The molecule has 3 nitrogen and oxygen atoms in total. The highest BCUT2D eigenvalue weighted by Crippen LogP contribution is 2.04. The molecule has 0 bridgehead atoms. The molecule has 1 aromatic carbocycles. The van der Waals surface area contributed by atoms with Gasteiger partial charge in [0.05, 0.1) is 24.1 Å². The molecule has 0 spiro atoms. The Kier molecular flexibility index (Phi) is 5.48. The molecule has 1 rings (SSSR count). The molecule has 1 amide bonds. The van der Waals surface area contributed by atoms with Crippen molar-refractivity contribution >= 4 is 5.91 Å². The quantitative estimate of drug-likeness (QED) is 0.800. The molecule has 0 radical (unpaired) electrons. The number of terminal acetylenes is 1. The van der Waals surface area contributed by atoms with Gasteiger partial charge in [-0.1, -0.05) is 31.4 Å². The van der Waals surface area contributed by atoms with Crippen LogP contribution in [0.3, 0.4) is 0 Å². The Balaban J connectivity index is 2.54. The van der Waals surface area contributed by atoms with Gasteiger partial charge in [0.15, 0.2) is 0 Å². The van der Waals surface area contributed by atoms with Crippen molar-refractivity contribution in [3.63, 3.8) is 0 Å². The normalized spacial score (nSPS) is 11.1. The van der Waals surface area contributed by atoms with Gasteiger partial charge < -0.3 is 5.32 Å². The van der Waals surface area contributed by atoms with Gasteiger partial charge in [0.1, 0.15) is 0 Å². The van der Waals surface area contributed by atoms with E-state index < -0.39 is 0 Å². The Hall–Kier alpha value is -2.26. The highest BCUT2D eigenvalue weighted by atomic mass is 16.1. The summed E-state index contributed by atoms with van der Waals surface area (Å²) < 4.78 is 0. The molecule has 0 aliphatic carbocycles. The lowest BCUT2D eigenvalue weighted by Gasteiger charge is -2.11. The minimum Gasteiger partial charge on any atom is -0.342 e. The number of hydrogen-bond donors (Lipinski definition) is 1. The molecule has 0 aromatic heterocycles. The van der Waals surface area contributed by atoms with Crippen molar-refractivity contribution in [1.29, 1.82) is 5.26 Å². The summed E-state index contributed by atoms with van der Waals surface area (Å²) in [6.07, 6.45) is 7.35. The fraction of sp³-hybridized carbons (Fsp3) is 0.333. The van der Waals surface area contributed by atoms with Crippen LogP contribution in [0.25, 0.3) is 0 Å². The van der Waals surface area contributed by atoms with Crippen LogP contribution in [0, 0.1) is 23.7 Å². The number of nitrogens with one attached hydrogen (secondary N) is 1. The average molecular weight is 240 g/mol. The van der Waals surface area contributed by atoms with E-state index in [0.717, 1.165) is 18.4 Å². The molecule has 0 fully saturated rings. The van der Waals surface area contributed by atoms with Crippen LogP contribution < -0.4 is 5.32 Å². The summed E-state index contributed by atoms with van der Waals surface area (Å²) in [7, 11) is 0. The molecule has 1 N–H and O–H groups in total. The van der Waals surface area contributed by atoms with Crippen LogP contribution in [-0.2, 0) is 11.2 Å². The van der Waals surface area contributed by atoms with E-state index in [4.69, 9.17) is 11.7 Å². The lowest BCUT2D eigenvalue weighted by Crippen LogP contribution is -2.34. The van der Waals surface area contributed by atoms with E-state index in [-0.39, 0.29) is 18.4 Å². The topological polar surface area (TPSA) is 52.9 Å². The second-order valence-corrected chi connectivity index (χ2v) is 4.06. The third-order valence-electron chi connectivity index (χ3n) is 2.56. The molecular formula is C15H16N2O. The highest BCUT2D eigenvalue weighted by Gasteiger charge is 2.09. The Bertz CT molecular complexity index is 477. The SMILES string of the molecule is C#CC(CCC)NC(=O)Cc1ccc(C#N)cc1. The average Bonchev–Trinajstić information content (AvgIpc) is 2.39. The Morgan fingerprint density at radius 3 is 2.61 bits per heavy atom. The molecule has 18 heavy (non-hydrogen) atoms. The van der Waals surface area contributed by atoms with Crippen LogP contribution in [0.15, 0.2) is 24.3 Å². The van der Waals surface area contributed by atoms with Crippen molar-refractivity contribution in [2.75, 3.05) is 0 Å². The van der Waals surface area contributed by atoms with Gasteiger partial charge in [-0.05, 0) is 24.1 Å². The van der Waals surface area contributed by atoms with Crippen molar-refractivity contribution in [2.45, 2.75) is 32.2 Å². The number of benzene rings is 1. The van der Waals surface area contributed by atoms with Crippen molar-refractivity contribution in [3.8, 4) is 18.4 Å². The van der Waals surface area contributed by atoms with E-state index >= 15 is 0 Å². The van der Waals surface area contributed by atoms with Crippen LogP contribution in [-0.4, -0.2) is 11.9 Å². The summed E-state index contributed by atoms with van der Waals surface area (Å²) in [6.45, 7) is 2.02. The van der Waals surface area contributed by atoms with Gasteiger partial charge in [-0.25, -0.2) is 0 Å². The Morgan fingerprint density at radius 1 is 1.44 bits per heavy atom. The minimum atomic E-state index is -0.194. The number of amides is 1. The summed E-state index contributed by atoms with van der Waals surface area (Å²) >= 11 is 0.